The van der Waals surface area contributed by atoms with Crippen molar-refractivity contribution < 1.29 is 14.7 Å². The number of thiophene rings is 1. The minimum Gasteiger partial charge on any atom is -0.478 e. The number of aromatic carboxylic acids is 1. The van der Waals surface area contributed by atoms with Gasteiger partial charge in [0, 0.05) is 17.0 Å². The molecule has 0 fully saturated rings. The van der Waals surface area contributed by atoms with Gasteiger partial charge in [0.25, 0.3) is 5.91 Å². The van der Waals surface area contributed by atoms with Gasteiger partial charge in [-0.15, -0.1) is 11.3 Å². The second kappa shape index (κ2) is 6.34. The minimum atomic E-state index is -0.991. The summed E-state index contributed by atoms with van der Waals surface area (Å²) in [7, 11) is 0. The number of carboxylic acids is 1. The Morgan fingerprint density at radius 2 is 1.80 bits per heavy atom. The summed E-state index contributed by atoms with van der Waals surface area (Å²) >= 11 is 1.61. The number of hydrogen-bond acceptors (Lipinski definition) is 3. The van der Waals surface area contributed by atoms with Gasteiger partial charge in [-0.2, -0.15) is 0 Å². The van der Waals surface area contributed by atoms with Crippen molar-refractivity contribution in [3.05, 3.63) is 57.8 Å². The van der Waals surface area contributed by atoms with Crippen LogP contribution in [0, 0.1) is 0 Å². The topological polar surface area (TPSA) is 57.6 Å². The highest BCUT2D eigenvalue weighted by molar-refractivity contribution is 7.09. The summed E-state index contributed by atoms with van der Waals surface area (Å²) in [6, 6.07) is 9.98. The Morgan fingerprint density at radius 3 is 2.30 bits per heavy atom. The van der Waals surface area contributed by atoms with Gasteiger partial charge in [-0.05, 0) is 42.6 Å². The predicted octanol–water partition coefficient (Wildman–Crippen LogP) is 3.11. The van der Waals surface area contributed by atoms with E-state index in [0.717, 1.165) is 4.88 Å². The van der Waals surface area contributed by atoms with Crippen LogP contribution >= 0.6 is 11.3 Å². The molecule has 0 saturated heterocycles. The molecule has 0 bridgehead atoms. The molecule has 104 valence electrons. The number of nitrogens with zero attached hydrogens (tertiary/aromatic N) is 1. The van der Waals surface area contributed by atoms with Crippen molar-refractivity contribution in [2.75, 3.05) is 6.54 Å². The molecular formula is C15H15NO3S. The number of rotatable bonds is 5. The Hall–Kier alpha value is -2.14. The van der Waals surface area contributed by atoms with Crippen molar-refractivity contribution in [3.63, 3.8) is 0 Å². The van der Waals surface area contributed by atoms with Crippen LogP contribution in [0.5, 0.6) is 0 Å². The Labute approximate surface area is 121 Å². The Bertz CT molecular complexity index is 590. The highest BCUT2D eigenvalue weighted by Crippen LogP contribution is 2.14. The van der Waals surface area contributed by atoms with Crippen LogP contribution in [0.3, 0.4) is 0 Å². The quantitative estimate of drug-likeness (QED) is 0.920. The summed E-state index contributed by atoms with van der Waals surface area (Å²) in [5.74, 6) is -1.08. The third kappa shape index (κ3) is 3.24. The molecule has 2 rings (SSSR count). The molecule has 20 heavy (non-hydrogen) atoms. The first kappa shape index (κ1) is 14.3. The fourth-order valence-corrected chi connectivity index (χ4v) is 2.58. The lowest BCUT2D eigenvalue weighted by atomic mass is 10.1. The normalized spacial score (nSPS) is 10.2. The molecule has 0 aliphatic rings. The second-order valence-electron chi connectivity index (χ2n) is 4.28. The van der Waals surface area contributed by atoms with Crippen molar-refractivity contribution >= 4 is 23.2 Å². The number of benzene rings is 1. The highest BCUT2D eigenvalue weighted by Gasteiger charge is 2.15. The van der Waals surface area contributed by atoms with Crippen molar-refractivity contribution in [3.8, 4) is 0 Å². The fraction of sp³-hybridized carbons (Fsp3) is 0.200. The van der Waals surface area contributed by atoms with E-state index in [1.54, 1.807) is 28.4 Å². The number of hydrogen-bond donors (Lipinski definition) is 1. The summed E-state index contributed by atoms with van der Waals surface area (Å²) in [5, 5.41) is 10.8. The number of carboxylic acid groups (broad SMARTS) is 1. The van der Waals surface area contributed by atoms with E-state index < -0.39 is 5.97 Å². The van der Waals surface area contributed by atoms with Gasteiger partial charge in [0.1, 0.15) is 0 Å². The fourth-order valence-electron chi connectivity index (χ4n) is 1.86. The summed E-state index contributed by atoms with van der Waals surface area (Å²) in [6.45, 7) is 3.11. The molecule has 1 aromatic heterocycles. The average molecular weight is 289 g/mol. The van der Waals surface area contributed by atoms with E-state index in [1.807, 2.05) is 24.4 Å². The van der Waals surface area contributed by atoms with E-state index in [-0.39, 0.29) is 11.5 Å². The first-order chi connectivity index (χ1) is 9.61. The zero-order valence-corrected chi connectivity index (χ0v) is 11.9. The van der Waals surface area contributed by atoms with Gasteiger partial charge >= 0.3 is 5.97 Å². The van der Waals surface area contributed by atoms with Gasteiger partial charge in [-0.25, -0.2) is 4.79 Å². The van der Waals surface area contributed by atoms with Crippen molar-refractivity contribution in [2.24, 2.45) is 0 Å². The van der Waals surface area contributed by atoms with Crippen molar-refractivity contribution in [2.45, 2.75) is 13.5 Å². The molecule has 1 amide bonds. The SMILES string of the molecule is CCN(Cc1cccs1)C(=O)c1ccc(C(=O)O)cc1. The number of carbonyl (C=O) groups is 2. The van der Waals surface area contributed by atoms with Gasteiger partial charge in [0.2, 0.25) is 0 Å². The van der Waals surface area contributed by atoms with Crippen LogP contribution in [0.25, 0.3) is 0 Å². The molecule has 5 heteroatoms. The molecule has 2 aromatic rings. The van der Waals surface area contributed by atoms with E-state index in [1.165, 1.54) is 12.1 Å². The minimum absolute atomic E-state index is 0.0853. The number of carbonyl (C=O) groups excluding carboxylic acids is 1. The maximum absolute atomic E-state index is 12.4. The molecule has 0 aliphatic carbocycles. The molecule has 1 aromatic carbocycles. The van der Waals surface area contributed by atoms with Crippen LogP contribution in [0.2, 0.25) is 0 Å². The van der Waals surface area contributed by atoms with E-state index in [4.69, 9.17) is 5.11 Å². The van der Waals surface area contributed by atoms with Crippen LogP contribution in [0.15, 0.2) is 41.8 Å². The smallest absolute Gasteiger partial charge is 0.335 e. The van der Waals surface area contributed by atoms with Crippen LogP contribution in [0.1, 0.15) is 32.5 Å². The summed E-state index contributed by atoms with van der Waals surface area (Å²) in [4.78, 5) is 26.0. The lowest BCUT2D eigenvalue weighted by molar-refractivity contribution is 0.0694. The average Bonchev–Trinajstić information content (AvgIpc) is 2.97. The first-order valence-corrected chi connectivity index (χ1v) is 7.14. The van der Waals surface area contributed by atoms with Gasteiger partial charge in [-0.1, -0.05) is 6.07 Å². The molecule has 0 unspecified atom stereocenters. The Morgan fingerprint density at radius 1 is 1.15 bits per heavy atom. The van der Waals surface area contributed by atoms with Crippen molar-refractivity contribution in [1.29, 1.82) is 0 Å². The monoisotopic (exact) mass is 289 g/mol. The predicted molar refractivity (Wildman–Crippen MR) is 78.1 cm³/mol. The second-order valence-corrected chi connectivity index (χ2v) is 5.31. The van der Waals surface area contributed by atoms with E-state index in [9.17, 15) is 9.59 Å². The maximum atomic E-state index is 12.4. The molecule has 0 spiro atoms. The van der Waals surface area contributed by atoms with Crippen molar-refractivity contribution in [1.82, 2.24) is 4.90 Å². The summed E-state index contributed by atoms with van der Waals surface area (Å²) in [6.07, 6.45) is 0. The number of amides is 1. The van der Waals surface area contributed by atoms with E-state index in [2.05, 4.69) is 0 Å². The zero-order valence-electron chi connectivity index (χ0n) is 11.1. The Kier molecular flexibility index (Phi) is 4.53. The van der Waals surface area contributed by atoms with Gasteiger partial charge in [0.05, 0.1) is 12.1 Å². The summed E-state index contributed by atoms with van der Waals surface area (Å²) in [5.41, 5.74) is 0.691. The third-order valence-electron chi connectivity index (χ3n) is 2.97. The lowest BCUT2D eigenvalue weighted by Crippen LogP contribution is -2.30. The Balaban J connectivity index is 2.13. The summed E-state index contributed by atoms with van der Waals surface area (Å²) < 4.78 is 0. The molecular weight excluding hydrogens is 274 g/mol. The molecule has 0 aliphatic heterocycles. The van der Waals surface area contributed by atoms with E-state index in [0.29, 0.717) is 18.7 Å². The third-order valence-corrected chi connectivity index (χ3v) is 3.84. The molecule has 0 radical (unpaired) electrons. The largest absolute Gasteiger partial charge is 0.478 e. The molecule has 0 saturated carbocycles. The lowest BCUT2D eigenvalue weighted by Gasteiger charge is -2.20. The molecule has 4 nitrogen and oxygen atoms in total. The molecule has 1 N–H and O–H groups in total. The molecule has 1 heterocycles. The van der Waals surface area contributed by atoms with Gasteiger partial charge in [0.15, 0.2) is 0 Å². The van der Waals surface area contributed by atoms with E-state index >= 15 is 0 Å². The highest BCUT2D eigenvalue weighted by atomic mass is 32.1. The molecule has 0 atom stereocenters. The van der Waals surface area contributed by atoms with Gasteiger partial charge < -0.3 is 10.0 Å². The standard InChI is InChI=1S/C15H15NO3S/c1-2-16(10-13-4-3-9-20-13)14(17)11-5-7-12(8-6-11)15(18)19/h3-9H,2,10H2,1H3,(H,18,19). The van der Waals surface area contributed by atoms with Crippen LogP contribution in [-0.4, -0.2) is 28.4 Å². The van der Waals surface area contributed by atoms with Crippen LogP contribution in [-0.2, 0) is 6.54 Å². The van der Waals surface area contributed by atoms with Gasteiger partial charge in [-0.3, -0.25) is 4.79 Å². The zero-order chi connectivity index (χ0) is 14.5. The first-order valence-electron chi connectivity index (χ1n) is 6.27. The van der Waals surface area contributed by atoms with Crippen LogP contribution < -0.4 is 0 Å². The maximum Gasteiger partial charge on any atom is 0.335 e. The van der Waals surface area contributed by atoms with Crippen LogP contribution in [0.4, 0.5) is 0 Å².